The molecule has 1 amide bonds. The molecule has 0 aromatic heterocycles. The molecule has 72 heavy (non-hydrogen) atoms. The Morgan fingerprint density at radius 2 is 1.57 bits per heavy atom. The van der Waals surface area contributed by atoms with Crippen LogP contribution in [-0.2, 0) is 57.2 Å². The van der Waals surface area contributed by atoms with E-state index in [1.165, 1.54) is 21.1 Å². The molecule has 4 aliphatic rings. The van der Waals surface area contributed by atoms with Crippen LogP contribution in [0.2, 0.25) is 0 Å². The van der Waals surface area contributed by atoms with Crippen molar-refractivity contribution in [2.75, 3.05) is 41.1 Å². The fraction of sp³-hybridized carbons (Fsp3) is 0.745. The molecule has 3 fully saturated rings. The van der Waals surface area contributed by atoms with Crippen molar-refractivity contribution in [3.8, 4) is 0 Å². The van der Waals surface area contributed by atoms with Gasteiger partial charge in [0.2, 0.25) is 5.79 Å². The number of hydrogen-bond donors (Lipinski definition) is 4. The van der Waals surface area contributed by atoms with Gasteiger partial charge >= 0.3 is 11.9 Å². The second-order valence-corrected chi connectivity index (χ2v) is 21.5. The van der Waals surface area contributed by atoms with Gasteiger partial charge < -0.3 is 53.7 Å². The van der Waals surface area contributed by atoms with E-state index in [0.717, 1.165) is 10.5 Å². The van der Waals surface area contributed by atoms with Gasteiger partial charge in [0.15, 0.2) is 5.78 Å². The molecular weight excluding hydrogens is 931 g/mol. The Morgan fingerprint density at radius 1 is 0.875 bits per heavy atom. The van der Waals surface area contributed by atoms with Crippen molar-refractivity contribution >= 4 is 35.2 Å². The molecular formula is C55H85NO16. The van der Waals surface area contributed by atoms with Gasteiger partial charge in [-0.1, -0.05) is 71.1 Å². The van der Waals surface area contributed by atoms with Gasteiger partial charge in [0.25, 0.3) is 11.7 Å². The number of carbonyl (C=O) groups is 6. The number of carbonyl (C=O) groups excluding carboxylic acids is 6. The van der Waals surface area contributed by atoms with Gasteiger partial charge in [0.05, 0.1) is 31.5 Å². The molecule has 406 valence electrons. The monoisotopic (exact) mass is 1020 g/mol. The van der Waals surface area contributed by atoms with Crippen molar-refractivity contribution in [2.45, 2.75) is 181 Å². The summed E-state index contributed by atoms with van der Waals surface area (Å²) in [5.41, 5.74) is -0.279. The molecule has 0 unspecified atom stereocenters. The highest BCUT2D eigenvalue weighted by atomic mass is 16.6. The summed E-state index contributed by atoms with van der Waals surface area (Å²) in [7, 11) is 4.42. The first-order valence-corrected chi connectivity index (χ1v) is 25.9. The average molecular weight is 1020 g/mol. The number of esters is 2. The minimum absolute atomic E-state index is 0.00639. The number of Topliss-reactive ketones (excluding diaryl/α,β-unsaturated/α-hetero) is 3. The smallest absolute Gasteiger partial charge is 0.329 e. The number of nitrogens with zero attached hydrogens (tertiary/aromatic N) is 1. The second-order valence-electron chi connectivity index (χ2n) is 21.5. The summed E-state index contributed by atoms with van der Waals surface area (Å²) in [6.07, 6.45) is 9.10. The number of cyclic esters (lactones) is 1. The van der Waals surface area contributed by atoms with E-state index in [0.29, 0.717) is 63.4 Å². The van der Waals surface area contributed by atoms with Gasteiger partial charge in [-0.3, -0.25) is 24.0 Å². The van der Waals surface area contributed by atoms with Crippen LogP contribution < -0.4 is 0 Å². The fourth-order valence-electron chi connectivity index (χ4n) is 10.5. The van der Waals surface area contributed by atoms with E-state index >= 15 is 0 Å². The lowest BCUT2D eigenvalue weighted by Crippen LogP contribution is -2.59. The Kier molecular flexibility index (Phi) is 23.2. The van der Waals surface area contributed by atoms with E-state index in [1.807, 2.05) is 51.2 Å². The number of aliphatic hydroxyl groups excluding tert-OH is 3. The topological polar surface area (TPSA) is 242 Å². The maximum atomic E-state index is 14.4. The molecule has 1 aliphatic carbocycles. The van der Waals surface area contributed by atoms with Gasteiger partial charge in [-0.15, -0.1) is 0 Å². The van der Waals surface area contributed by atoms with Gasteiger partial charge in [0, 0.05) is 58.5 Å². The number of ether oxygens (including phenoxy) is 6. The Hall–Kier alpha value is -3.94. The summed E-state index contributed by atoms with van der Waals surface area (Å²) >= 11 is 0. The molecule has 3 aliphatic heterocycles. The number of ketones is 3. The largest absolute Gasteiger partial charge is 0.460 e. The van der Waals surface area contributed by atoms with Crippen molar-refractivity contribution in [1.82, 2.24) is 4.90 Å². The Morgan fingerprint density at radius 3 is 2.21 bits per heavy atom. The highest BCUT2D eigenvalue weighted by Crippen LogP contribution is 2.38. The molecule has 4 rings (SSSR count). The molecule has 0 aromatic rings. The van der Waals surface area contributed by atoms with Gasteiger partial charge in [-0.25, -0.2) is 4.79 Å². The van der Waals surface area contributed by atoms with E-state index < -0.39 is 120 Å². The Bertz CT molecular complexity index is 1990. The van der Waals surface area contributed by atoms with E-state index in [9.17, 15) is 49.2 Å². The van der Waals surface area contributed by atoms with Crippen LogP contribution in [0.1, 0.15) is 126 Å². The number of methoxy groups -OCH3 is 3. The summed E-state index contributed by atoms with van der Waals surface area (Å²) in [6, 6.07) is -1.19. The predicted octanol–water partition coefficient (Wildman–Crippen LogP) is 5.33. The molecule has 2 bridgehead atoms. The maximum Gasteiger partial charge on any atom is 0.329 e. The predicted molar refractivity (Wildman–Crippen MR) is 267 cm³/mol. The number of fused-ring (bicyclic) bond motifs is 3. The summed E-state index contributed by atoms with van der Waals surface area (Å²) in [5.74, 6) is -9.37. The van der Waals surface area contributed by atoms with Crippen molar-refractivity contribution in [3.05, 3.63) is 47.6 Å². The third-order valence-electron chi connectivity index (χ3n) is 15.7. The Labute approximate surface area is 426 Å². The Balaban J connectivity index is 1.67. The maximum absolute atomic E-state index is 14.4. The zero-order chi connectivity index (χ0) is 53.7. The zero-order valence-corrected chi connectivity index (χ0v) is 44.6. The lowest BCUT2D eigenvalue weighted by molar-refractivity contribution is -0.265. The lowest BCUT2D eigenvalue weighted by Gasteiger charge is -2.41. The van der Waals surface area contributed by atoms with Crippen LogP contribution in [0.25, 0.3) is 0 Å². The highest BCUT2D eigenvalue weighted by Gasteiger charge is 2.53. The summed E-state index contributed by atoms with van der Waals surface area (Å²) in [4.78, 5) is 84.8. The van der Waals surface area contributed by atoms with Crippen molar-refractivity contribution < 1.29 is 77.6 Å². The molecule has 17 nitrogen and oxygen atoms in total. The van der Waals surface area contributed by atoms with Crippen LogP contribution in [0.4, 0.5) is 0 Å². The first kappa shape index (κ1) is 60.6. The molecule has 0 aromatic carbocycles. The standard InChI is InChI=1S/C55H85NO16/c1-32-16-13-12-14-17-33(2)44(67-9)28-40-21-19-38(7)55(66,72-40)50(62)51(63)56-23-15-18-41(56)52(64)70-45(29-42(59)34(3)25-37(6)48(61)49(69-11)47(60)36(5)24-32)35(4)26-39-20-22-43(46(27-39)68-10)71-53(65)54(8,30-57)31-58/h12-14,16-17,25,32,34-36,38-41,43-46,48-49,57-58,61,66H,15,18-24,26-31H2,1-11H3/b14-12+,16-13-,33-17+,37-25-/t32-,34-,35-,36-,38-,39+,40+,41+,43-,44+,45+,46-,48-,49+,55-/m1/s1. The van der Waals surface area contributed by atoms with Crippen LogP contribution in [0, 0.1) is 40.9 Å². The van der Waals surface area contributed by atoms with Crippen molar-refractivity contribution in [1.29, 1.82) is 0 Å². The van der Waals surface area contributed by atoms with Gasteiger partial charge in [-0.05, 0) is 107 Å². The summed E-state index contributed by atoms with van der Waals surface area (Å²) < 4.78 is 35.3. The summed E-state index contributed by atoms with van der Waals surface area (Å²) in [5, 5.41) is 43.0. The third-order valence-corrected chi connectivity index (χ3v) is 15.7. The normalized spacial score (nSPS) is 37.6. The number of hydrogen-bond acceptors (Lipinski definition) is 16. The number of allylic oxidation sites excluding steroid dienone is 6. The SMILES string of the molecule is CO[C@H]1C[C@@H]2CC[C@@H](C)[C@@](O)(O2)C(=O)C(=O)N2CCC[C@H]2C(=O)O[C@H]([C@H](C)C[C@@H]2CC[C@@H](OC(=O)C(C)(CO)CO)[C@H](OC)C2)CC(=O)[C@H](C)/C=C(/C)[C@@H](O)[C@@H](OC)C(=O)[C@H](C)C[C@H](C)\C=C/C=C/C=C/1C. The molecule has 17 heteroatoms. The van der Waals surface area contributed by atoms with Crippen LogP contribution in [0.15, 0.2) is 47.6 Å². The molecule has 15 atom stereocenters. The van der Waals surface area contributed by atoms with Crippen LogP contribution >= 0.6 is 0 Å². The molecule has 0 radical (unpaired) electrons. The number of aliphatic hydroxyl groups is 4. The molecule has 4 N–H and O–H groups in total. The van der Waals surface area contributed by atoms with Crippen molar-refractivity contribution in [2.24, 2.45) is 40.9 Å². The van der Waals surface area contributed by atoms with Crippen molar-refractivity contribution in [3.63, 3.8) is 0 Å². The van der Waals surface area contributed by atoms with Crippen LogP contribution in [0.5, 0.6) is 0 Å². The minimum Gasteiger partial charge on any atom is -0.460 e. The number of rotatable bonds is 10. The summed E-state index contributed by atoms with van der Waals surface area (Å²) in [6.45, 7) is 12.7. The highest BCUT2D eigenvalue weighted by molar-refractivity contribution is 6.39. The van der Waals surface area contributed by atoms with E-state index in [4.69, 9.17) is 28.4 Å². The zero-order valence-electron chi connectivity index (χ0n) is 44.6. The second kappa shape index (κ2) is 27.6. The van der Waals surface area contributed by atoms with Gasteiger partial charge in [-0.2, -0.15) is 0 Å². The molecule has 2 saturated heterocycles. The molecule has 3 heterocycles. The molecule has 0 spiro atoms. The quantitative estimate of drug-likeness (QED) is 0.123. The fourth-order valence-corrected chi connectivity index (χ4v) is 10.5. The van der Waals surface area contributed by atoms with E-state index in [1.54, 1.807) is 40.9 Å². The van der Waals surface area contributed by atoms with E-state index in [2.05, 4.69) is 0 Å². The van der Waals surface area contributed by atoms with Crippen LogP contribution in [0.3, 0.4) is 0 Å². The van der Waals surface area contributed by atoms with Gasteiger partial charge in [0.1, 0.15) is 41.7 Å². The average Bonchev–Trinajstić information content (AvgIpc) is 3.86. The minimum atomic E-state index is -2.46. The van der Waals surface area contributed by atoms with Crippen LogP contribution in [-0.4, -0.2) is 156 Å². The third kappa shape index (κ3) is 15.3. The lowest BCUT2D eigenvalue weighted by atomic mass is 9.78. The van der Waals surface area contributed by atoms with E-state index in [-0.39, 0.29) is 42.8 Å². The molecule has 1 saturated carbocycles. The first-order valence-electron chi connectivity index (χ1n) is 25.9. The number of amides is 1. The first-order chi connectivity index (χ1) is 34.0.